The Morgan fingerprint density at radius 3 is 2.58 bits per heavy atom. The highest BCUT2D eigenvalue weighted by Crippen LogP contribution is 2.30. The molecule has 0 fully saturated rings. The molecule has 0 unspecified atom stereocenters. The number of rotatable bonds is 4. The second kappa shape index (κ2) is 5.76. The molecular weight excluding hydrogens is 258 g/mol. The van der Waals surface area contributed by atoms with Crippen molar-refractivity contribution in [3.8, 4) is 11.1 Å². The summed E-state index contributed by atoms with van der Waals surface area (Å²) >= 11 is 6.36. The third-order valence-corrected chi connectivity index (χ3v) is 3.77. The highest BCUT2D eigenvalue weighted by Gasteiger charge is 2.12. The molecule has 0 spiro atoms. The quantitative estimate of drug-likeness (QED) is 0.927. The van der Waals surface area contributed by atoms with Gasteiger partial charge in [-0.3, -0.25) is 4.68 Å². The Balaban J connectivity index is 2.39. The van der Waals surface area contributed by atoms with Gasteiger partial charge in [0.05, 0.1) is 5.69 Å². The van der Waals surface area contributed by atoms with Crippen LogP contribution in [0.1, 0.15) is 23.9 Å². The van der Waals surface area contributed by atoms with Crippen LogP contribution in [0.15, 0.2) is 18.2 Å². The fourth-order valence-electron chi connectivity index (χ4n) is 2.30. The van der Waals surface area contributed by atoms with E-state index < -0.39 is 0 Å². The molecule has 4 heteroatoms. The third kappa shape index (κ3) is 2.82. The van der Waals surface area contributed by atoms with E-state index in [0.717, 1.165) is 40.6 Å². The average molecular weight is 278 g/mol. The molecule has 0 radical (unpaired) electrons. The minimum absolute atomic E-state index is 0.806. The van der Waals surface area contributed by atoms with Gasteiger partial charge in [-0.2, -0.15) is 5.10 Å². The number of nitrogens with one attached hydrogen (secondary N) is 1. The van der Waals surface area contributed by atoms with E-state index in [-0.39, 0.29) is 0 Å². The monoisotopic (exact) mass is 277 g/mol. The summed E-state index contributed by atoms with van der Waals surface area (Å²) in [5.41, 5.74) is 5.64. The molecule has 1 aromatic heterocycles. The highest BCUT2D eigenvalue weighted by molar-refractivity contribution is 6.31. The second-order valence-corrected chi connectivity index (χ2v) is 5.16. The molecule has 1 aromatic carbocycles. The molecule has 0 aliphatic heterocycles. The Labute approximate surface area is 119 Å². The predicted octanol–water partition coefficient (Wildman–Crippen LogP) is 3.47. The van der Waals surface area contributed by atoms with E-state index in [0.29, 0.717) is 0 Å². The first kappa shape index (κ1) is 14.1. The minimum atomic E-state index is 0.806. The Kier molecular flexibility index (Phi) is 4.27. The third-order valence-electron chi connectivity index (χ3n) is 3.42. The lowest BCUT2D eigenvalue weighted by Gasteiger charge is -2.08. The van der Waals surface area contributed by atoms with Gasteiger partial charge in [-0.25, -0.2) is 0 Å². The summed E-state index contributed by atoms with van der Waals surface area (Å²) in [5, 5.41) is 8.55. The smallest absolute Gasteiger partial charge is 0.0674 e. The van der Waals surface area contributed by atoms with E-state index in [1.807, 2.05) is 24.7 Å². The maximum Gasteiger partial charge on any atom is 0.0674 e. The fraction of sp³-hybridized carbons (Fsp3) is 0.400. The fourth-order valence-corrected chi connectivity index (χ4v) is 2.54. The lowest BCUT2D eigenvalue weighted by atomic mass is 10.0. The van der Waals surface area contributed by atoms with Crippen LogP contribution in [0.3, 0.4) is 0 Å². The first-order valence-corrected chi connectivity index (χ1v) is 6.92. The molecule has 3 nitrogen and oxygen atoms in total. The lowest BCUT2D eigenvalue weighted by molar-refractivity contribution is 0.727. The molecule has 0 aliphatic carbocycles. The van der Waals surface area contributed by atoms with Crippen molar-refractivity contribution in [3.05, 3.63) is 40.2 Å². The molecular formula is C15H20ClN3. The molecule has 2 aromatic rings. The van der Waals surface area contributed by atoms with Crippen LogP contribution < -0.4 is 5.32 Å². The Morgan fingerprint density at radius 2 is 2.05 bits per heavy atom. The number of nitrogens with zero attached hydrogens (tertiary/aromatic N) is 2. The maximum atomic E-state index is 6.36. The van der Waals surface area contributed by atoms with Gasteiger partial charge in [0.25, 0.3) is 0 Å². The molecule has 0 aliphatic rings. The number of benzene rings is 1. The predicted molar refractivity (Wildman–Crippen MR) is 80.5 cm³/mol. The van der Waals surface area contributed by atoms with Gasteiger partial charge in [-0.1, -0.05) is 30.7 Å². The Morgan fingerprint density at radius 1 is 1.32 bits per heavy atom. The number of halogens is 1. The summed E-state index contributed by atoms with van der Waals surface area (Å²) in [6.45, 7) is 7.95. The van der Waals surface area contributed by atoms with Crippen LogP contribution in [0.5, 0.6) is 0 Å². The lowest BCUT2D eigenvalue weighted by Crippen LogP contribution is -2.11. The van der Waals surface area contributed by atoms with Crippen LogP contribution >= 0.6 is 11.6 Å². The van der Waals surface area contributed by atoms with E-state index in [9.17, 15) is 0 Å². The Hall–Kier alpha value is -1.32. The van der Waals surface area contributed by atoms with Gasteiger partial charge in [-0.05, 0) is 37.6 Å². The Bertz CT molecular complexity index is 587. The van der Waals surface area contributed by atoms with Gasteiger partial charge in [0.1, 0.15) is 0 Å². The van der Waals surface area contributed by atoms with Gasteiger partial charge < -0.3 is 5.32 Å². The average Bonchev–Trinajstić information content (AvgIpc) is 2.62. The molecule has 1 heterocycles. The van der Waals surface area contributed by atoms with Crippen molar-refractivity contribution in [3.63, 3.8) is 0 Å². The van der Waals surface area contributed by atoms with Gasteiger partial charge in [0.2, 0.25) is 0 Å². The van der Waals surface area contributed by atoms with Crippen LogP contribution in [0.4, 0.5) is 0 Å². The standard InChI is InChI=1S/C15H20ClN3/c1-5-17-9-13-7-6-12(8-14(13)16)15-10(2)18-19(4)11(15)3/h6-8,17H,5,9H2,1-4H3. The zero-order chi connectivity index (χ0) is 14.0. The molecule has 0 saturated heterocycles. The van der Waals surface area contributed by atoms with Crippen molar-refractivity contribution in [2.24, 2.45) is 7.05 Å². The van der Waals surface area contributed by atoms with Crippen LogP contribution in [-0.2, 0) is 13.6 Å². The van der Waals surface area contributed by atoms with E-state index in [1.54, 1.807) is 0 Å². The zero-order valence-corrected chi connectivity index (χ0v) is 12.7. The topological polar surface area (TPSA) is 29.9 Å². The minimum Gasteiger partial charge on any atom is -0.313 e. The van der Waals surface area contributed by atoms with Gasteiger partial charge in [0, 0.05) is 29.9 Å². The van der Waals surface area contributed by atoms with Gasteiger partial charge in [0.15, 0.2) is 0 Å². The molecule has 102 valence electrons. The summed E-state index contributed by atoms with van der Waals surface area (Å²) in [5.74, 6) is 0. The second-order valence-electron chi connectivity index (χ2n) is 4.76. The summed E-state index contributed by atoms with van der Waals surface area (Å²) in [4.78, 5) is 0. The largest absolute Gasteiger partial charge is 0.313 e. The molecule has 0 amide bonds. The van der Waals surface area contributed by atoms with Crippen LogP contribution in [0.25, 0.3) is 11.1 Å². The normalized spacial score (nSPS) is 11.0. The number of aromatic nitrogens is 2. The van der Waals surface area contributed by atoms with E-state index in [1.165, 1.54) is 5.56 Å². The van der Waals surface area contributed by atoms with Crippen LogP contribution in [0.2, 0.25) is 5.02 Å². The summed E-state index contributed by atoms with van der Waals surface area (Å²) < 4.78 is 1.91. The van der Waals surface area contributed by atoms with E-state index >= 15 is 0 Å². The van der Waals surface area contributed by atoms with Crippen molar-refractivity contribution >= 4 is 11.6 Å². The van der Waals surface area contributed by atoms with Gasteiger partial charge >= 0.3 is 0 Å². The number of hydrogen-bond acceptors (Lipinski definition) is 2. The van der Waals surface area contributed by atoms with Crippen LogP contribution in [0, 0.1) is 13.8 Å². The highest BCUT2D eigenvalue weighted by atomic mass is 35.5. The molecule has 1 N–H and O–H groups in total. The van der Waals surface area contributed by atoms with Crippen molar-refractivity contribution < 1.29 is 0 Å². The number of aryl methyl sites for hydroxylation is 2. The first-order valence-electron chi connectivity index (χ1n) is 6.54. The SMILES string of the molecule is CCNCc1ccc(-c2c(C)nn(C)c2C)cc1Cl. The summed E-state index contributed by atoms with van der Waals surface area (Å²) in [7, 11) is 1.97. The number of hydrogen-bond donors (Lipinski definition) is 1. The first-order chi connectivity index (χ1) is 9.04. The van der Waals surface area contributed by atoms with Crippen LogP contribution in [-0.4, -0.2) is 16.3 Å². The molecule has 0 bridgehead atoms. The van der Waals surface area contributed by atoms with Gasteiger partial charge in [-0.15, -0.1) is 0 Å². The van der Waals surface area contributed by atoms with E-state index in [4.69, 9.17) is 11.6 Å². The summed E-state index contributed by atoms with van der Waals surface area (Å²) in [6.07, 6.45) is 0. The van der Waals surface area contributed by atoms with Crippen molar-refractivity contribution in [1.82, 2.24) is 15.1 Å². The van der Waals surface area contributed by atoms with Crippen molar-refractivity contribution in [2.45, 2.75) is 27.3 Å². The van der Waals surface area contributed by atoms with E-state index in [2.05, 4.69) is 36.4 Å². The molecule has 19 heavy (non-hydrogen) atoms. The molecule has 0 saturated carbocycles. The molecule has 0 atom stereocenters. The van der Waals surface area contributed by atoms with Crippen molar-refractivity contribution in [1.29, 1.82) is 0 Å². The maximum absolute atomic E-state index is 6.36. The summed E-state index contributed by atoms with van der Waals surface area (Å²) in [6, 6.07) is 6.24. The zero-order valence-electron chi connectivity index (χ0n) is 11.9. The van der Waals surface area contributed by atoms with Crippen molar-refractivity contribution in [2.75, 3.05) is 6.54 Å². The molecule has 2 rings (SSSR count).